The number of nitrogens with zero attached hydrogens (tertiary/aromatic N) is 1. The zero-order valence-electron chi connectivity index (χ0n) is 11.7. The first-order chi connectivity index (χ1) is 8.26. The van der Waals surface area contributed by atoms with Crippen LogP contribution in [0, 0.1) is 16.6 Å². The summed E-state index contributed by atoms with van der Waals surface area (Å²) in [6.07, 6.45) is 3.37. The lowest BCUT2D eigenvalue weighted by Crippen LogP contribution is -2.40. The Labute approximate surface area is 114 Å². The van der Waals surface area contributed by atoms with Gasteiger partial charge in [0.15, 0.2) is 0 Å². The molecule has 0 spiro atoms. The van der Waals surface area contributed by atoms with Crippen molar-refractivity contribution in [2.45, 2.75) is 46.3 Å². The van der Waals surface area contributed by atoms with Crippen molar-refractivity contribution in [3.8, 4) is 5.40 Å². The van der Waals surface area contributed by atoms with Gasteiger partial charge in [0.1, 0.15) is 11.0 Å². The fourth-order valence-corrected chi connectivity index (χ4v) is 1.45. The van der Waals surface area contributed by atoms with Crippen molar-refractivity contribution in [2.24, 2.45) is 5.92 Å². The first-order valence-corrected chi connectivity index (χ1v) is 6.92. The van der Waals surface area contributed by atoms with E-state index in [1.807, 2.05) is 52.2 Å². The van der Waals surface area contributed by atoms with Crippen molar-refractivity contribution < 1.29 is 9.53 Å². The van der Waals surface area contributed by atoms with Crippen LogP contribution < -0.4 is 5.32 Å². The molecule has 0 unspecified atom stereocenters. The Morgan fingerprint density at radius 3 is 2.56 bits per heavy atom. The maximum absolute atomic E-state index is 11.6. The van der Waals surface area contributed by atoms with Gasteiger partial charge in [-0.1, -0.05) is 26.0 Å². The lowest BCUT2D eigenvalue weighted by atomic mass is 10.0. The van der Waals surface area contributed by atoms with Crippen molar-refractivity contribution in [1.29, 1.82) is 5.26 Å². The second-order valence-corrected chi connectivity index (χ2v) is 6.05. The molecule has 4 nitrogen and oxygen atoms in total. The minimum atomic E-state index is -0.494. The average Bonchev–Trinajstić information content (AvgIpc) is 2.19. The number of hydrogen-bond acceptors (Lipinski definition) is 4. The molecule has 0 aromatic rings. The maximum Gasteiger partial charge on any atom is 0.408 e. The van der Waals surface area contributed by atoms with Crippen LogP contribution >= 0.6 is 11.8 Å². The number of nitrogens with one attached hydrogen (secondary N) is 1. The van der Waals surface area contributed by atoms with Crippen molar-refractivity contribution in [3.63, 3.8) is 0 Å². The fraction of sp³-hybridized carbons (Fsp3) is 0.692. The third-order valence-corrected chi connectivity index (χ3v) is 2.48. The van der Waals surface area contributed by atoms with E-state index < -0.39 is 11.7 Å². The van der Waals surface area contributed by atoms with Crippen LogP contribution in [0.5, 0.6) is 0 Å². The highest BCUT2D eigenvalue weighted by Gasteiger charge is 2.19. The van der Waals surface area contributed by atoms with E-state index >= 15 is 0 Å². The quantitative estimate of drug-likeness (QED) is 0.473. The van der Waals surface area contributed by atoms with Crippen LogP contribution in [-0.4, -0.2) is 23.5 Å². The number of ether oxygens (including phenoxy) is 1. The number of thiocyanates is 1. The summed E-state index contributed by atoms with van der Waals surface area (Å²) < 4.78 is 5.20. The Balaban J connectivity index is 4.33. The summed E-state index contributed by atoms with van der Waals surface area (Å²) in [6, 6.07) is -0.0841. The van der Waals surface area contributed by atoms with Crippen LogP contribution in [0.4, 0.5) is 4.79 Å². The Morgan fingerprint density at radius 1 is 1.50 bits per heavy atom. The number of amides is 1. The summed E-state index contributed by atoms with van der Waals surface area (Å²) in [5.41, 5.74) is -0.494. The van der Waals surface area contributed by atoms with Crippen LogP contribution in [0.2, 0.25) is 0 Å². The van der Waals surface area contributed by atoms with Gasteiger partial charge in [0.25, 0.3) is 0 Å². The van der Waals surface area contributed by atoms with Crippen molar-refractivity contribution in [3.05, 3.63) is 12.2 Å². The van der Waals surface area contributed by atoms with Crippen LogP contribution in [0.1, 0.15) is 34.6 Å². The SMILES string of the molecule is CC(C)[C@@H](/C=C/CSC#N)NC(=O)OC(C)(C)C. The monoisotopic (exact) mass is 270 g/mol. The summed E-state index contributed by atoms with van der Waals surface area (Å²) >= 11 is 1.17. The molecule has 0 aliphatic heterocycles. The molecule has 0 saturated heterocycles. The van der Waals surface area contributed by atoms with Crippen molar-refractivity contribution in [2.75, 3.05) is 5.75 Å². The molecular weight excluding hydrogens is 248 g/mol. The highest BCUT2D eigenvalue weighted by Crippen LogP contribution is 2.09. The zero-order chi connectivity index (χ0) is 14.2. The van der Waals surface area contributed by atoms with Crippen molar-refractivity contribution in [1.82, 2.24) is 5.32 Å². The number of thioether (sulfide) groups is 1. The van der Waals surface area contributed by atoms with Gasteiger partial charge in [-0.2, -0.15) is 5.26 Å². The molecule has 5 heteroatoms. The molecule has 1 amide bonds. The van der Waals surface area contributed by atoms with E-state index in [9.17, 15) is 4.79 Å². The molecule has 102 valence electrons. The van der Waals surface area contributed by atoms with Crippen LogP contribution in [0.25, 0.3) is 0 Å². The third kappa shape index (κ3) is 8.94. The van der Waals surface area contributed by atoms with Crippen LogP contribution in [0.15, 0.2) is 12.2 Å². The first kappa shape index (κ1) is 16.9. The van der Waals surface area contributed by atoms with Gasteiger partial charge in [-0.15, -0.1) is 0 Å². The molecule has 0 bridgehead atoms. The summed E-state index contributed by atoms with van der Waals surface area (Å²) in [7, 11) is 0. The predicted octanol–water partition coefficient (Wildman–Crippen LogP) is 3.31. The van der Waals surface area contributed by atoms with Gasteiger partial charge in [-0.3, -0.25) is 0 Å². The molecule has 18 heavy (non-hydrogen) atoms. The van der Waals surface area contributed by atoms with Gasteiger partial charge in [-0.05, 0) is 38.5 Å². The van der Waals surface area contributed by atoms with Crippen LogP contribution in [0.3, 0.4) is 0 Å². The number of carbonyl (C=O) groups excluding carboxylic acids is 1. The molecule has 1 N–H and O–H groups in total. The van der Waals surface area contributed by atoms with Gasteiger partial charge >= 0.3 is 6.09 Å². The van der Waals surface area contributed by atoms with E-state index in [2.05, 4.69) is 5.32 Å². The highest BCUT2D eigenvalue weighted by molar-refractivity contribution is 8.03. The molecule has 1 atom stereocenters. The maximum atomic E-state index is 11.6. The second-order valence-electron chi connectivity index (χ2n) is 5.25. The number of carbonyl (C=O) groups is 1. The molecule has 0 aliphatic carbocycles. The lowest BCUT2D eigenvalue weighted by molar-refractivity contribution is 0.0504. The Kier molecular flexibility index (Phi) is 7.53. The molecule has 0 aromatic carbocycles. The number of hydrogen-bond donors (Lipinski definition) is 1. The largest absolute Gasteiger partial charge is 0.444 e. The third-order valence-electron chi connectivity index (χ3n) is 1.99. The van der Waals surface area contributed by atoms with E-state index in [-0.39, 0.29) is 12.0 Å². The van der Waals surface area contributed by atoms with Gasteiger partial charge in [-0.25, -0.2) is 4.79 Å². The number of rotatable bonds is 5. The van der Waals surface area contributed by atoms with Gasteiger partial charge < -0.3 is 10.1 Å². The van der Waals surface area contributed by atoms with Crippen molar-refractivity contribution >= 4 is 17.9 Å². The summed E-state index contributed by atoms with van der Waals surface area (Å²) in [6.45, 7) is 9.52. The smallest absolute Gasteiger partial charge is 0.408 e. The minimum absolute atomic E-state index is 0.0841. The standard InChI is InChI=1S/C13H22N2O2S/c1-10(2)11(7-6-8-18-9-14)15-12(16)17-13(3,4)5/h6-7,10-11H,8H2,1-5H3,(H,15,16)/b7-6+/t11-/m1/s1. The van der Waals surface area contributed by atoms with E-state index in [4.69, 9.17) is 10.00 Å². The fourth-order valence-electron chi connectivity index (χ4n) is 1.17. The minimum Gasteiger partial charge on any atom is -0.444 e. The van der Waals surface area contributed by atoms with Gasteiger partial charge in [0.05, 0.1) is 6.04 Å². The Bertz CT molecular complexity index is 327. The average molecular weight is 270 g/mol. The summed E-state index contributed by atoms with van der Waals surface area (Å²) in [5, 5.41) is 13.2. The van der Waals surface area contributed by atoms with Gasteiger partial charge in [0.2, 0.25) is 0 Å². The summed E-state index contributed by atoms with van der Waals surface area (Å²) in [5.74, 6) is 0.885. The highest BCUT2D eigenvalue weighted by atomic mass is 32.2. The molecular formula is C13H22N2O2S. The summed E-state index contributed by atoms with van der Waals surface area (Å²) in [4.78, 5) is 11.6. The molecule has 0 saturated carbocycles. The van der Waals surface area contributed by atoms with E-state index in [1.54, 1.807) is 0 Å². The number of nitriles is 1. The Hall–Kier alpha value is -1.15. The van der Waals surface area contributed by atoms with E-state index in [0.29, 0.717) is 5.75 Å². The zero-order valence-corrected chi connectivity index (χ0v) is 12.5. The molecule has 0 aromatic heterocycles. The van der Waals surface area contributed by atoms with Crippen LogP contribution in [-0.2, 0) is 4.74 Å². The second kappa shape index (κ2) is 8.04. The van der Waals surface area contributed by atoms with E-state index in [1.165, 1.54) is 11.8 Å². The Morgan fingerprint density at radius 2 is 2.11 bits per heavy atom. The lowest BCUT2D eigenvalue weighted by Gasteiger charge is -2.24. The molecule has 0 rings (SSSR count). The number of alkyl carbamates (subject to hydrolysis) is 1. The predicted molar refractivity (Wildman–Crippen MR) is 75.2 cm³/mol. The molecule has 0 aliphatic rings. The van der Waals surface area contributed by atoms with E-state index in [0.717, 1.165) is 0 Å². The van der Waals surface area contributed by atoms with Gasteiger partial charge in [0, 0.05) is 5.75 Å². The normalized spacial score (nSPS) is 13.4. The molecule has 0 fully saturated rings. The first-order valence-electron chi connectivity index (χ1n) is 5.93. The molecule has 0 radical (unpaired) electrons. The topological polar surface area (TPSA) is 62.1 Å². The molecule has 0 heterocycles.